The number of phenolic OH excluding ortho intramolecular Hbond substituents is 2. The summed E-state index contributed by atoms with van der Waals surface area (Å²) in [5.74, 6) is 0.182. The lowest BCUT2D eigenvalue weighted by molar-refractivity contribution is 0.451. The molecule has 0 heterocycles. The first-order chi connectivity index (χ1) is 9.51. The Bertz CT molecular complexity index is 680. The van der Waals surface area contributed by atoms with Gasteiger partial charge in [-0.1, -0.05) is 15.9 Å². The molecule has 3 N–H and O–H groups in total. The van der Waals surface area contributed by atoms with Crippen LogP contribution in [0.25, 0.3) is 0 Å². The van der Waals surface area contributed by atoms with E-state index in [1.165, 1.54) is 18.2 Å². The van der Waals surface area contributed by atoms with Gasteiger partial charge in [-0.25, -0.2) is 0 Å². The lowest BCUT2D eigenvalue weighted by atomic mass is 10.1. The predicted molar refractivity (Wildman–Crippen MR) is 80.7 cm³/mol. The van der Waals surface area contributed by atoms with Gasteiger partial charge in [0.2, 0.25) is 0 Å². The third kappa shape index (κ3) is 3.03. The molecule has 0 amide bonds. The number of halogens is 1. The summed E-state index contributed by atoms with van der Waals surface area (Å²) in [4.78, 5) is 0. The van der Waals surface area contributed by atoms with Gasteiger partial charge in [0.1, 0.15) is 17.6 Å². The Morgan fingerprint density at radius 1 is 1.20 bits per heavy atom. The highest BCUT2D eigenvalue weighted by Gasteiger charge is 2.13. The normalized spacial score (nSPS) is 11.7. The average molecular weight is 333 g/mol. The fraction of sp³-hybridized carbons (Fsp3) is 0.133. The van der Waals surface area contributed by atoms with Crippen LogP contribution in [0, 0.1) is 11.3 Å². The molecule has 2 rings (SSSR count). The number of phenols is 2. The monoisotopic (exact) mass is 332 g/mol. The molecule has 0 aliphatic heterocycles. The largest absolute Gasteiger partial charge is 0.508 e. The Morgan fingerprint density at radius 2 is 1.95 bits per heavy atom. The van der Waals surface area contributed by atoms with E-state index in [9.17, 15) is 10.2 Å². The molecule has 0 aliphatic rings. The molecule has 0 saturated heterocycles. The number of benzene rings is 2. The lowest BCUT2D eigenvalue weighted by Crippen LogP contribution is -2.08. The minimum Gasteiger partial charge on any atom is -0.508 e. The highest BCUT2D eigenvalue weighted by molar-refractivity contribution is 9.10. The molecule has 0 aromatic heterocycles. The molecule has 2 aromatic rings. The fourth-order valence-electron chi connectivity index (χ4n) is 1.93. The van der Waals surface area contributed by atoms with Crippen molar-refractivity contribution in [3.63, 3.8) is 0 Å². The van der Waals surface area contributed by atoms with Gasteiger partial charge >= 0.3 is 0 Å². The highest BCUT2D eigenvalue weighted by atomic mass is 79.9. The zero-order valence-electron chi connectivity index (χ0n) is 10.8. The van der Waals surface area contributed by atoms with Gasteiger partial charge in [-0.3, -0.25) is 0 Å². The first-order valence-corrected chi connectivity index (χ1v) is 6.78. The maximum absolute atomic E-state index is 9.83. The third-order valence-electron chi connectivity index (χ3n) is 2.95. The van der Waals surface area contributed by atoms with Gasteiger partial charge in [-0.05, 0) is 43.3 Å². The summed E-state index contributed by atoms with van der Waals surface area (Å²) in [6.45, 7) is 1.84. The van der Waals surface area contributed by atoms with Crippen molar-refractivity contribution in [2.45, 2.75) is 13.0 Å². The fourth-order valence-corrected chi connectivity index (χ4v) is 2.30. The zero-order valence-corrected chi connectivity index (χ0v) is 12.3. The van der Waals surface area contributed by atoms with Crippen LogP contribution < -0.4 is 5.32 Å². The van der Waals surface area contributed by atoms with Crippen LogP contribution >= 0.6 is 15.9 Å². The van der Waals surface area contributed by atoms with E-state index >= 15 is 0 Å². The number of anilines is 1. The third-order valence-corrected chi connectivity index (χ3v) is 3.44. The molecule has 20 heavy (non-hydrogen) atoms. The van der Waals surface area contributed by atoms with Gasteiger partial charge in [-0.2, -0.15) is 5.26 Å². The van der Waals surface area contributed by atoms with Crippen molar-refractivity contribution < 1.29 is 10.2 Å². The number of nitrogens with zero attached hydrogens (tertiary/aromatic N) is 1. The molecule has 0 radical (unpaired) electrons. The van der Waals surface area contributed by atoms with Crippen molar-refractivity contribution in [2.75, 3.05) is 5.32 Å². The lowest BCUT2D eigenvalue weighted by Gasteiger charge is -2.18. The van der Waals surface area contributed by atoms with E-state index in [2.05, 4.69) is 27.3 Å². The molecular weight excluding hydrogens is 320 g/mol. The Kier molecular flexibility index (Phi) is 4.16. The number of aromatic hydroxyl groups is 2. The van der Waals surface area contributed by atoms with E-state index in [0.29, 0.717) is 16.8 Å². The topological polar surface area (TPSA) is 76.3 Å². The van der Waals surface area contributed by atoms with Gasteiger partial charge in [0.15, 0.2) is 0 Å². The van der Waals surface area contributed by atoms with E-state index in [4.69, 9.17) is 5.26 Å². The Balaban J connectivity index is 2.30. The second kappa shape index (κ2) is 5.85. The van der Waals surface area contributed by atoms with E-state index in [-0.39, 0.29) is 17.5 Å². The Hall–Kier alpha value is -2.19. The van der Waals surface area contributed by atoms with Crippen LogP contribution in [-0.4, -0.2) is 10.2 Å². The molecule has 0 saturated carbocycles. The molecule has 2 aromatic carbocycles. The Labute approximate surface area is 125 Å². The van der Waals surface area contributed by atoms with Crippen LogP contribution in [0.2, 0.25) is 0 Å². The van der Waals surface area contributed by atoms with Crippen LogP contribution in [0.1, 0.15) is 24.1 Å². The summed E-state index contributed by atoms with van der Waals surface area (Å²) >= 11 is 3.32. The smallest absolute Gasteiger partial charge is 0.121 e. The van der Waals surface area contributed by atoms with Crippen LogP contribution in [-0.2, 0) is 0 Å². The average Bonchev–Trinajstić information content (AvgIpc) is 2.43. The second-order valence-corrected chi connectivity index (χ2v) is 5.33. The quantitative estimate of drug-likeness (QED) is 0.745. The summed E-state index contributed by atoms with van der Waals surface area (Å²) in [5, 5.41) is 31.6. The van der Waals surface area contributed by atoms with Crippen molar-refractivity contribution in [3.8, 4) is 17.6 Å². The van der Waals surface area contributed by atoms with Crippen molar-refractivity contribution in [2.24, 2.45) is 0 Å². The SMILES string of the molecule is CC(Nc1ccc(Br)cc1C#N)c1cc(O)ccc1O. The maximum atomic E-state index is 9.83. The number of nitrogens with one attached hydrogen (secondary N) is 1. The van der Waals surface area contributed by atoms with E-state index in [0.717, 1.165) is 4.47 Å². The van der Waals surface area contributed by atoms with Gasteiger partial charge in [0, 0.05) is 10.0 Å². The van der Waals surface area contributed by atoms with Crippen LogP contribution in [0.5, 0.6) is 11.5 Å². The van der Waals surface area contributed by atoms with Gasteiger partial charge in [0.25, 0.3) is 0 Å². The molecule has 102 valence electrons. The van der Waals surface area contributed by atoms with Crippen LogP contribution in [0.3, 0.4) is 0 Å². The maximum Gasteiger partial charge on any atom is 0.121 e. The summed E-state index contributed by atoms with van der Waals surface area (Å²) in [5.41, 5.74) is 1.74. The minimum absolute atomic E-state index is 0.0859. The molecule has 1 atom stereocenters. The Morgan fingerprint density at radius 3 is 2.65 bits per heavy atom. The van der Waals surface area contributed by atoms with Crippen molar-refractivity contribution in [3.05, 3.63) is 52.0 Å². The molecule has 0 aliphatic carbocycles. The molecule has 0 spiro atoms. The number of hydrogen-bond donors (Lipinski definition) is 3. The second-order valence-electron chi connectivity index (χ2n) is 4.41. The van der Waals surface area contributed by atoms with E-state index < -0.39 is 0 Å². The van der Waals surface area contributed by atoms with Crippen molar-refractivity contribution in [1.82, 2.24) is 0 Å². The van der Waals surface area contributed by atoms with Crippen LogP contribution in [0.4, 0.5) is 5.69 Å². The van der Waals surface area contributed by atoms with Gasteiger partial charge < -0.3 is 15.5 Å². The van der Waals surface area contributed by atoms with Crippen LogP contribution in [0.15, 0.2) is 40.9 Å². The van der Waals surface area contributed by atoms with Crippen molar-refractivity contribution in [1.29, 1.82) is 5.26 Å². The van der Waals surface area contributed by atoms with E-state index in [1.54, 1.807) is 12.1 Å². The highest BCUT2D eigenvalue weighted by Crippen LogP contribution is 2.31. The standard InChI is InChI=1S/C15H13BrN2O2/c1-9(13-7-12(19)3-5-15(13)20)18-14-4-2-11(16)6-10(14)8-17/h2-7,9,18-20H,1H3. The number of nitriles is 1. The predicted octanol–water partition coefficient (Wildman–Crippen LogP) is 3.91. The zero-order chi connectivity index (χ0) is 14.7. The summed E-state index contributed by atoms with van der Waals surface area (Å²) in [7, 11) is 0. The van der Waals surface area contributed by atoms with Crippen molar-refractivity contribution >= 4 is 21.6 Å². The number of hydrogen-bond acceptors (Lipinski definition) is 4. The van der Waals surface area contributed by atoms with Gasteiger partial charge in [0.05, 0.1) is 17.3 Å². The molecular formula is C15H13BrN2O2. The molecule has 5 heteroatoms. The molecule has 0 fully saturated rings. The number of rotatable bonds is 3. The first-order valence-electron chi connectivity index (χ1n) is 5.99. The van der Waals surface area contributed by atoms with E-state index in [1.807, 2.05) is 13.0 Å². The summed E-state index contributed by atoms with van der Waals surface area (Å²) < 4.78 is 0.826. The van der Waals surface area contributed by atoms with Gasteiger partial charge in [-0.15, -0.1) is 0 Å². The molecule has 1 unspecified atom stereocenters. The summed E-state index contributed by atoms with van der Waals surface area (Å²) in [6, 6.07) is 11.6. The first kappa shape index (κ1) is 14.2. The molecule has 0 bridgehead atoms. The minimum atomic E-state index is -0.254. The summed E-state index contributed by atoms with van der Waals surface area (Å²) in [6.07, 6.45) is 0. The molecule has 4 nitrogen and oxygen atoms in total.